The third kappa shape index (κ3) is 6.64. The minimum atomic E-state index is -4.75. The van der Waals surface area contributed by atoms with Crippen LogP contribution in [0.3, 0.4) is 0 Å². The third-order valence-electron chi connectivity index (χ3n) is 4.22. The molecule has 0 aliphatic rings. The molecular formula is C22H17F3N4O5. The summed E-state index contributed by atoms with van der Waals surface area (Å²) in [6, 6.07) is 11.6. The monoisotopic (exact) mass is 474 g/mol. The Bertz CT molecular complexity index is 1330. The van der Waals surface area contributed by atoms with E-state index in [0.29, 0.717) is 11.3 Å². The summed E-state index contributed by atoms with van der Waals surface area (Å²) < 4.78 is 51.0. The zero-order valence-electron chi connectivity index (χ0n) is 17.8. The van der Waals surface area contributed by atoms with Crippen LogP contribution in [0.4, 0.5) is 13.2 Å². The largest absolute Gasteiger partial charge is 0.573 e. The quantitative estimate of drug-likeness (QED) is 0.602. The van der Waals surface area contributed by atoms with E-state index in [4.69, 9.17) is 20.0 Å². The molecule has 9 nitrogen and oxygen atoms in total. The SMILES string of the molecule is COc1cc[nH]c(=O)c1C#N.COc1ccn(Cc2ccc(OC(F)(F)F)cc2)c(=O)c1C#N. The number of ether oxygens (including phenoxy) is 3. The molecule has 176 valence electrons. The third-order valence-corrected chi connectivity index (χ3v) is 4.22. The predicted octanol–water partition coefficient (Wildman–Crippen LogP) is 2.93. The predicted molar refractivity (Wildman–Crippen MR) is 113 cm³/mol. The summed E-state index contributed by atoms with van der Waals surface area (Å²) >= 11 is 0. The Morgan fingerprint density at radius 3 is 2.03 bits per heavy atom. The number of methoxy groups -OCH3 is 2. The van der Waals surface area contributed by atoms with Crippen LogP contribution in [-0.4, -0.2) is 30.1 Å². The van der Waals surface area contributed by atoms with Gasteiger partial charge in [0.1, 0.15) is 29.4 Å². The van der Waals surface area contributed by atoms with Gasteiger partial charge >= 0.3 is 6.36 Å². The number of pyridine rings is 2. The number of alkyl halides is 3. The molecule has 0 saturated heterocycles. The number of hydrogen-bond donors (Lipinski definition) is 1. The van der Waals surface area contributed by atoms with E-state index in [1.54, 1.807) is 12.1 Å². The van der Waals surface area contributed by atoms with Crippen molar-refractivity contribution in [2.75, 3.05) is 14.2 Å². The lowest BCUT2D eigenvalue weighted by molar-refractivity contribution is -0.274. The first-order valence-electron chi connectivity index (χ1n) is 9.31. The first kappa shape index (κ1) is 25.5. The molecule has 1 aromatic carbocycles. The molecule has 2 heterocycles. The van der Waals surface area contributed by atoms with Crippen LogP contribution in [0.5, 0.6) is 17.2 Å². The number of rotatable bonds is 5. The fraction of sp³-hybridized carbons (Fsp3) is 0.182. The Kier molecular flexibility index (Phi) is 8.45. The number of aromatic amines is 1. The first-order chi connectivity index (χ1) is 16.1. The Labute approximate surface area is 190 Å². The summed E-state index contributed by atoms with van der Waals surface area (Å²) in [5.41, 5.74) is -0.507. The van der Waals surface area contributed by atoms with E-state index in [1.807, 2.05) is 0 Å². The molecule has 0 aliphatic carbocycles. The van der Waals surface area contributed by atoms with Crippen molar-refractivity contribution in [2.24, 2.45) is 0 Å². The van der Waals surface area contributed by atoms with Gasteiger partial charge < -0.3 is 23.8 Å². The van der Waals surface area contributed by atoms with Crippen molar-refractivity contribution in [1.82, 2.24) is 9.55 Å². The summed E-state index contributed by atoms with van der Waals surface area (Å²) in [6.45, 7) is 0.101. The molecule has 0 spiro atoms. The van der Waals surface area contributed by atoms with Crippen molar-refractivity contribution in [2.45, 2.75) is 12.9 Å². The van der Waals surface area contributed by atoms with Gasteiger partial charge in [0.05, 0.1) is 20.8 Å². The molecule has 1 N–H and O–H groups in total. The number of hydrogen-bond acceptors (Lipinski definition) is 7. The molecule has 0 saturated carbocycles. The van der Waals surface area contributed by atoms with E-state index in [9.17, 15) is 22.8 Å². The molecule has 0 bridgehead atoms. The van der Waals surface area contributed by atoms with Crippen molar-refractivity contribution in [3.05, 3.63) is 86.2 Å². The molecule has 3 aromatic rings. The smallest absolute Gasteiger partial charge is 0.495 e. The second-order valence-corrected chi connectivity index (χ2v) is 6.36. The molecule has 0 unspecified atom stereocenters. The number of nitriles is 2. The fourth-order valence-corrected chi connectivity index (χ4v) is 2.68. The van der Waals surface area contributed by atoms with Gasteiger partial charge in [-0.15, -0.1) is 13.2 Å². The van der Waals surface area contributed by atoms with Crippen LogP contribution in [0, 0.1) is 22.7 Å². The van der Waals surface area contributed by atoms with Crippen LogP contribution in [0.2, 0.25) is 0 Å². The number of aromatic nitrogens is 2. The summed E-state index contributed by atoms with van der Waals surface area (Å²) in [7, 11) is 2.76. The van der Waals surface area contributed by atoms with Gasteiger partial charge in [0.15, 0.2) is 11.1 Å². The topological polar surface area (TPSA) is 130 Å². The van der Waals surface area contributed by atoms with Crippen molar-refractivity contribution in [1.29, 1.82) is 10.5 Å². The van der Waals surface area contributed by atoms with E-state index >= 15 is 0 Å². The van der Waals surface area contributed by atoms with Gasteiger partial charge in [-0.3, -0.25) is 9.59 Å². The van der Waals surface area contributed by atoms with Crippen LogP contribution in [0.1, 0.15) is 16.7 Å². The van der Waals surface area contributed by atoms with Gasteiger partial charge in [0.25, 0.3) is 11.1 Å². The standard InChI is InChI=1S/C15H11F3N2O3.C7H6N2O2/c1-22-13-6-7-20(14(21)12(13)8-19)9-10-2-4-11(5-3-10)23-15(16,17)18;1-11-6-2-3-9-7(10)5(6)4-8/h2-7H,9H2,1H3;2-3H,1H3,(H,9,10). The van der Waals surface area contributed by atoms with E-state index in [0.717, 1.165) is 12.1 Å². The van der Waals surface area contributed by atoms with E-state index in [1.165, 1.54) is 55.4 Å². The second kappa shape index (κ2) is 11.2. The lowest BCUT2D eigenvalue weighted by Crippen LogP contribution is -2.23. The average Bonchev–Trinajstić information content (AvgIpc) is 2.80. The number of halogens is 3. The Balaban J connectivity index is 0.000000310. The number of benzene rings is 1. The minimum Gasteiger partial charge on any atom is -0.495 e. The van der Waals surface area contributed by atoms with Crippen LogP contribution in [-0.2, 0) is 6.54 Å². The highest BCUT2D eigenvalue weighted by molar-refractivity contribution is 5.41. The maximum Gasteiger partial charge on any atom is 0.573 e. The van der Waals surface area contributed by atoms with Crippen LogP contribution < -0.4 is 25.3 Å². The fourth-order valence-electron chi connectivity index (χ4n) is 2.68. The van der Waals surface area contributed by atoms with Crippen LogP contribution >= 0.6 is 0 Å². The van der Waals surface area contributed by atoms with Crippen molar-refractivity contribution in [3.8, 4) is 29.4 Å². The average molecular weight is 474 g/mol. The Morgan fingerprint density at radius 2 is 1.53 bits per heavy atom. The van der Waals surface area contributed by atoms with Crippen LogP contribution in [0.15, 0.2) is 58.4 Å². The molecular weight excluding hydrogens is 457 g/mol. The van der Waals surface area contributed by atoms with E-state index in [2.05, 4.69) is 9.72 Å². The molecule has 3 rings (SSSR count). The first-order valence-corrected chi connectivity index (χ1v) is 9.31. The minimum absolute atomic E-state index is 0.00926. The summed E-state index contributed by atoms with van der Waals surface area (Å²) in [5.74, 6) is 0.125. The lowest BCUT2D eigenvalue weighted by atomic mass is 10.2. The second-order valence-electron chi connectivity index (χ2n) is 6.36. The summed E-state index contributed by atoms with van der Waals surface area (Å²) in [4.78, 5) is 25.4. The summed E-state index contributed by atoms with van der Waals surface area (Å²) in [5, 5.41) is 17.5. The number of nitrogens with one attached hydrogen (secondary N) is 1. The maximum absolute atomic E-state index is 12.1. The number of H-pyrrole nitrogens is 1. The molecule has 0 amide bonds. The molecule has 2 aromatic heterocycles. The lowest BCUT2D eigenvalue weighted by Gasteiger charge is -2.11. The molecule has 12 heteroatoms. The van der Waals surface area contributed by atoms with E-state index in [-0.39, 0.29) is 29.2 Å². The normalized spacial score (nSPS) is 10.2. The molecule has 0 radical (unpaired) electrons. The highest BCUT2D eigenvalue weighted by Gasteiger charge is 2.30. The van der Waals surface area contributed by atoms with Crippen molar-refractivity contribution in [3.63, 3.8) is 0 Å². The van der Waals surface area contributed by atoms with Crippen molar-refractivity contribution < 1.29 is 27.4 Å². The molecule has 34 heavy (non-hydrogen) atoms. The molecule has 0 aliphatic heterocycles. The zero-order valence-corrected chi connectivity index (χ0v) is 17.8. The highest BCUT2D eigenvalue weighted by atomic mass is 19.4. The zero-order chi connectivity index (χ0) is 25.3. The Hall–Kier alpha value is -4.71. The molecule has 0 atom stereocenters. The highest BCUT2D eigenvalue weighted by Crippen LogP contribution is 2.23. The van der Waals surface area contributed by atoms with Gasteiger partial charge in [-0.1, -0.05) is 12.1 Å². The van der Waals surface area contributed by atoms with Gasteiger partial charge in [-0.05, 0) is 29.8 Å². The van der Waals surface area contributed by atoms with Gasteiger partial charge in [-0.2, -0.15) is 10.5 Å². The van der Waals surface area contributed by atoms with Gasteiger partial charge in [0.2, 0.25) is 0 Å². The molecule has 0 fully saturated rings. The van der Waals surface area contributed by atoms with E-state index < -0.39 is 17.5 Å². The Morgan fingerprint density at radius 1 is 0.941 bits per heavy atom. The van der Waals surface area contributed by atoms with Gasteiger partial charge in [0, 0.05) is 12.4 Å². The van der Waals surface area contributed by atoms with Gasteiger partial charge in [-0.25, -0.2) is 0 Å². The summed E-state index contributed by atoms with van der Waals surface area (Å²) in [6.07, 6.45) is -1.87. The van der Waals surface area contributed by atoms with Crippen molar-refractivity contribution >= 4 is 0 Å². The maximum atomic E-state index is 12.1. The van der Waals surface area contributed by atoms with Crippen LogP contribution in [0.25, 0.3) is 0 Å². The number of nitrogens with zero attached hydrogens (tertiary/aromatic N) is 3.